The fourth-order valence-corrected chi connectivity index (χ4v) is 10.4. The van der Waals surface area contributed by atoms with Gasteiger partial charge in [-0.3, -0.25) is 4.79 Å². The third kappa shape index (κ3) is 4.80. The summed E-state index contributed by atoms with van der Waals surface area (Å²) in [7, 11) is 0. The van der Waals surface area contributed by atoms with Crippen LogP contribution in [0.5, 0.6) is 0 Å². The van der Waals surface area contributed by atoms with E-state index in [-0.39, 0.29) is 17.1 Å². The smallest absolute Gasteiger partial charge is 0.185 e. The predicted molar refractivity (Wildman–Crippen MR) is 162 cm³/mol. The maximum absolute atomic E-state index is 14.0. The van der Waals surface area contributed by atoms with Crippen LogP contribution in [0.4, 0.5) is 0 Å². The van der Waals surface area contributed by atoms with Crippen LogP contribution in [0.1, 0.15) is 110 Å². The first kappa shape index (κ1) is 27.9. The van der Waals surface area contributed by atoms with Gasteiger partial charge < -0.3 is 8.83 Å². The monoisotopic (exact) mass is 542 g/mol. The number of furan rings is 2. The molecule has 0 bridgehead atoms. The molecule has 2 aromatic rings. The molecule has 216 valence electrons. The normalized spacial score (nSPS) is 38.5. The third-order valence-electron chi connectivity index (χ3n) is 12.3. The van der Waals surface area contributed by atoms with Crippen molar-refractivity contribution in [2.45, 2.75) is 98.8 Å². The molecule has 0 spiro atoms. The lowest BCUT2D eigenvalue weighted by molar-refractivity contribution is -0.123. The lowest BCUT2D eigenvalue weighted by Crippen LogP contribution is -2.54. The standard InChI is InChI=1S/C37H50O3/c1-24(2)9-6-10-25(3)31-15-16-32-29-13-14-33-30(22-28-12-8-20-40-28)35(38)26(21-27-11-7-19-39-27)23-37(33,5)34(29)17-18-36(31,32)4/h7-8,11-12,19-22,24-25,29,31-34H,6,9-10,13-18,23H2,1-5H3/b26-21-,30-22-/t25-,29?,31?,32?,33+,34?,36?,37?/m1/s1. The van der Waals surface area contributed by atoms with Crippen LogP contribution in [0.15, 0.2) is 56.8 Å². The quantitative estimate of drug-likeness (QED) is 0.327. The van der Waals surface area contributed by atoms with Gasteiger partial charge in [0.2, 0.25) is 0 Å². The first-order valence-electron chi connectivity index (χ1n) is 16.2. The van der Waals surface area contributed by atoms with Gasteiger partial charge in [0.25, 0.3) is 0 Å². The summed E-state index contributed by atoms with van der Waals surface area (Å²) in [6.45, 7) is 12.5. The zero-order valence-corrected chi connectivity index (χ0v) is 25.5. The minimum absolute atomic E-state index is 0.0793. The van der Waals surface area contributed by atoms with E-state index in [4.69, 9.17) is 8.83 Å². The molecule has 6 unspecified atom stereocenters. The Morgan fingerprint density at radius 2 is 1.57 bits per heavy atom. The van der Waals surface area contributed by atoms with E-state index < -0.39 is 0 Å². The number of rotatable bonds is 7. The minimum atomic E-state index is 0.0793. The minimum Gasteiger partial charge on any atom is -0.465 e. The summed E-state index contributed by atoms with van der Waals surface area (Å²) in [5.41, 5.74) is 2.42. The van der Waals surface area contributed by atoms with E-state index in [1.165, 1.54) is 51.4 Å². The van der Waals surface area contributed by atoms with Crippen molar-refractivity contribution >= 4 is 17.9 Å². The number of carbonyl (C=O) groups excluding carboxylic acids is 1. The predicted octanol–water partition coefficient (Wildman–Crippen LogP) is 10.2. The number of carbonyl (C=O) groups is 1. The highest BCUT2D eigenvalue weighted by molar-refractivity contribution is 6.14. The van der Waals surface area contributed by atoms with Crippen LogP contribution < -0.4 is 0 Å². The molecule has 4 aliphatic rings. The van der Waals surface area contributed by atoms with E-state index in [2.05, 4.69) is 40.7 Å². The summed E-state index contributed by atoms with van der Waals surface area (Å²) in [6.07, 6.45) is 20.3. The molecule has 4 fully saturated rings. The second-order valence-corrected chi connectivity index (χ2v) is 14.8. The molecular formula is C37H50O3. The van der Waals surface area contributed by atoms with Crippen LogP contribution in [-0.2, 0) is 4.79 Å². The van der Waals surface area contributed by atoms with Gasteiger partial charge >= 0.3 is 0 Å². The summed E-state index contributed by atoms with van der Waals surface area (Å²) in [4.78, 5) is 14.0. The van der Waals surface area contributed by atoms with Crippen molar-refractivity contribution in [1.29, 1.82) is 0 Å². The molecule has 40 heavy (non-hydrogen) atoms. The van der Waals surface area contributed by atoms with Gasteiger partial charge in [-0.05, 0) is 134 Å². The van der Waals surface area contributed by atoms with E-state index >= 15 is 0 Å². The number of hydrogen-bond acceptors (Lipinski definition) is 3. The molecule has 3 nitrogen and oxygen atoms in total. The Morgan fingerprint density at radius 1 is 0.875 bits per heavy atom. The summed E-state index contributed by atoms with van der Waals surface area (Å²) < 4.78 is 11.4. The molecule has 6 rings (SSSR count). The van der Waals surface area contributed by atoms with Gasteiger partial charge in [0, 0.05) is 11.1 Å². The average Bonchev–Trinajstić information content (AvgIpc) is 3.67. The second kappa shape index (κ2) is 10.8. The average molecular weight is 543 g/mol. The molecule has 2 heterocycles. The number of Topliss-reactive ketones (excluding diaryl/α,β-unsaturated/α-hetero) is 1. The highest BCUT2D eigenvalue weighted by Crippen LogP contribution is 2.69. The van der Waals surface area contributed by atoms with Crippen LogP contribution in [0, 0.1) is 52.3 Å². The Bertz CT molecular complexity index is 1230. The van der Waals surface area contributed by atoms with Crippen LogP contribution in [0.2, 0.25) is 0 Å². The van der Waals surface area contributed by atoms with E-state index in [1.807, 2.05) is 30.3 Å². The lowest BCUT2D eigenvalue weighted by atomic mass is 9.43. The third-order valence-corrected chi connectivity index (χ3v) is 12.3. The van der Waals surface area contributed by atoms with E-state index in [0.29, 0.717) is 11.3 Å². The van der Waals surface area contributed by atoms with E-state index in [1.54, 1.807) is 12.5 Å². The second-order valence-electron chi connectivity index (χ2n) is 14.8. The van der Waals surface area contributed by atoms with Crippen molar-refractivity contribution in [3.05, 3.63) is 59.5 Å². The van der Waals surface area contributed by atoms with Crippen LogP contribution in [0.3, 0.4) is 0 Å². The van der Waals surface area contributed by atoms with E-state index in [0.717, 1.165) is 65.1 Å². The molecular weight excluding hydrogens is 492 g/mol. The summed E-state index contributed by atoms with van der Waals surface area (Å²) >= 11 is 0. The lowest BCUT2D eigenvalue weighted by Gasteiger charge is -2.61. The first-order valence-corrected chi connectivity index (χ1v) is 16.2. The van der Waals surface area contributed by atoms with Crippen molar-refractivity contribution in [1.82, 2.24) is 0 Å². The first-order chi connectivity index (χ1) is 19.2. The Morgan fingerprint density at radius 3 is 2.25 bits per heavy atom. The van der Waals surface area contributed by atoms with Gasteiger partial charge in [0.1, 0.15) is 11.5 Å². The molecule has 0 aromatic carbocycles. The van der Waals surface area contributed by atoms with Gasteiger partial charge in [0.15, 0.2) is 5.78 Å². The number of fused-ring (bicyclic) bond motifs is 5. The fourth-order valence-electron chi connectivity index (χ4n) is 10.4. The Balaban J connectivity index is 1.30. The zero-order valence-electron chi connectivity index (χ0n) is 25.5. The summed E-state index contributed by atoms with van der Waals surface area (Å²) in [6, 6.07) is 7.75. The van der Waals surface area contributed by atoms with Gasteiger partial charge in [-0.15, -0.1) is 0 Å². The number of hydrogen-bond donors (Lipinski definition) is 0. The van der Waals surface area contributed by atoms with Crippen LogP contribution in [-0.4, -0.2) is 5.78 Å². The topological polar surface area (TPSA) is 43.4 Å². The Hall–Kier alpha value is -2.29. The number of allylic oxidation sites excluding steroid dienone is 2. The molecule has 3 heteroatoms. The van der Waals surface area contributed by atoms with Gasteiger partial charge in [-0.25, -0.2) is 0 Å². The molecule has 0 radical (unpaired) electrons. The molecule has 0 amide bonds. The summed E-state index contributed by atoms with van der Waals surface area (Å²) in [5.74, 6) is 6.80. The maximum Gasteiger partial charge on any atom is 0.185 e. The Labute approximate surface area is 241 Å². The SMILES string of the molecule is CC(C)CCC[C@@H](C)C1CCC2C3CC[C@H]4/C(=C/c5ccco5)C(=O)/C(=C\c5ccco5)CC4(C)C3CCC21C. The van der Waals surface area contributed by atoms with Crippen molar-refractivity contribution in [3.8, 4) is 0 Å². The van der Waals surface area contributed by atoms with E-state index in [9.17, 15) is 4.79 Å². The van der Waals surface area contributed by atoms with Crippen molar-refractivity contribution in [3.63, 3.8) is 0 Å². The van der Waals surface area contributed by atoms with Crippen LogP contribution >= 0.6 is 0 Å². The number of ketones is 1. The molecule has 4 aliphatic carbocycles. The van der Waals surface area contributed by atoms with Crippen molar-refractivity contribution in [2.75, 3.05) is 0 Å². The molecule has 0 saturated heterocycles. The zero-order chi connectivity index (χ0) is 28.1. The molecule has 8 atom stereocenters. The van der Waals surface area contributed by atoms with Gasteiger partial charge in [0.05, 0.1) is 12.5 Å². The Kier molecular flexibility index (Phi) is 7.55. The summed E-state index contributed by atoms with van der Waals surface area (Å²) in [5, 5.41) is 0. The maximum atomic E-state index is 14.0. The van der Waals surface area contributed by atoms with Crippen LogP contribution in [0.25, 0.3) is 12.2 Å². The van der Waals surface area contributed by atoms with Crippen molar-refractivity contribution < 1.29 is 13.6 Å². The fraction of sp³-hybridized carbons (Fsp3) is 0.649. The highest BCUT2D eigenvalue weighted by Gasteiger charge is 2.61. The largest absolute Gasteiger partial charge is 0.465 e. The molecule has 0 N–H and O–H groups in total. The van der Waals surface area contributed by atoms with Crippen molar-refractivity contribution in [2.24, 2.45) is 52.3 Å². The van der Waals surface area contributed by atoms with Gasteiger partial charge in [-0.2, -0.15) is 0 Å². The van der Waals surface area contributed by atoms with Gasteiger partial charge in [-0.1, -0.05) is 53.9 Å². The molecule has 2 aromatic heterocycles. The molecule has 0 aliphatic heterocycles. The molecule has 4 saturated carbocycles. The highest BCUT2D eigenvalue weighted by atomic mass is 16.3.